The highest BCUT2D eigenvalue weighted by atomic mass is 35.5. The van der Waals surface area contributed by atoms with Crippen molar-refractivity contribution in [2.24, 2.45) is 18.9 Å². The molecule has 9 heteroatoms. The molecule has 8 nitrogen and oxygen atoms in total. The minimum absolute atomic E-state index is 0.308. The second kappa shape index (κ2) is 13.5. The molecule has 2 aromatic heterocycles. The van der Waals surface area contributed by atoms with Gasteiger partial charge in [0.15, 0.2) is 0 Å². The normalized spacial score (nSPS) is 18.1. The van der Waals surface area contributed by atoms with Crippen LogP contribution in [0.3, 0.4) is 0 Å². The van der Waals surface area contributed by atoms with Gasteiger partial charge in [-0.05, 0) is 95.5 Å². The quantitative estimate of drug-likeness (QED) is 0.121. The first-order chi connectivity index (χ1) is 23.5. The summed E-state index contributed by atoms with van der Waals surface area (Å²) in [5.41, 5.74) is 5.79. The Morgan fingerprint density at radius 2 is 1.69 bits per heavy atom. The summed E-state index contributed by atoms with van der Waals surface area (Å²) in [6, 6.07) is 18.5. The number of hydrogen-bond donors (Lipinski definition) is 1. The van der Waals surface area contributed by atoms with Crippen LogP contribution in [0.4, 0.5) is 0 Å². The summed E-state index contributed by atoms with van der Waals surface area (Å²) in [5, 5.41) is 12.2. The number of rotatable bonds is 10. The van der Waals surface area contributed by atoms with Gasteiger partial charge in [0.2, 0.25) is 0 Å². The molecule has 258 valence electrons. The van der Waals surface area contributed by atoms with E-state index in [4.69, 9.17) is 26.2 Å². The summed E-state index contributed by atoms with van der Waals surface area (Å²) in [4.78, 5) is 16.9. The van der Waals surface area contributed by atoms with Gasteiger partial charge in [-0.3, -0.25) is 4.68 Å². The highest BCUT2D eigenvalue weighted by molar-refractivity contribution is 6.35. The summed E-state index contributed by atoms with van der Waals surface area (Å²) in [6.45, 7) is 16.2. The molecule has 0 bridgehead atoms. The Morgan fingerprint density at radius 3 is 2.41 bits per heavy atom. The third-order valence-electron chi connectivity index (χ3n) is 10.3. The predicted molar refractivity (Wildman–Crippen MR) is 198 cm³/mol. The first kappa shape index (κ1) is 33.6. The summed E-state index contributed by atoms with van der Waals surface area (Å²) >= 11 is 7.14. The molecular formula is C40H48ClN5O3. The van der Waals surface area contributed by atoms with E-state index in [9.17, 15) is 4.79 Å². The molecule has 2 saturated heterocycles. The molecule has 2 fully saturated rings. The number of nitrogens with zero attached hydrogens (tertiary/aromatic N) is 4. The molecule has 0 amide bonds. The van der Waals surface area contributed by atoms with Crippen LogP contribution < -0.4 is 10.1 Å². The van der Waals surface area contributed by atoms with E-state index in [0.717, 1.165) is 94.6 Å². The first-order valence-corrected chi connectivity index (χ1v) is 18.0. The van der Waals surface area contributed by atoms with Gasteiger partial charge < -0.3 is 24.3 Å². The topological polar surface area (TPSA) is 73.6 Å². The molecule has 1 N–H and O–H groups in total. The van der Waals surface area contributed by atoms with E-state index in [2.05, 4.69) is 46.0 Å². The van der Waals surface area contributed by atoms with Crippen molar-refractivity contribution in [3.05, 3.63) is 82.3 Å². The van der Waals surface area contributed by atoms with Crippen molar-refractivity contribution >= 4 is 39.2 Å². The second-order valence-corrected chi connectivity index (χ2v) is 15.2. The molecule has 0 spiro atoms. The van der Waals surface area contributed by atoms with Crippen LogP contribution in [0.25, 0.3) is 32.8 Å². The van der Waals surface area contributed by atoms with Crippen molar-refractivity contribution in [2.45, 2.75) is 59.6 Å². The lowest BCUT2D eigenvalue weighted by Gasteiger charge is -2.23. The minimum Gasteiger partial charge on any atom is -0.493 e. The molecule has 49 heavy (non-hydrogen) atoms. The number of nitrogens with one attached hydrogen (secondary N) is 1. The zero-order valence-corrected chi connectivity index (χ0v) is 30.4. The number of halogens is 1. The van der Waals surface area contributed by atoms with E-state index in [-0.39, 0.29) is 5.97 Å². The molecule has 5 aromatic rings. The molecule has 2 aliphatic heterocycles. The third kappa shape index (κ3) is 6.58. The smallest absolute Gasteiger partial charge is 0.355 e. The van der Waals surface area contributed by atoms with Crippen LogP contribution in [0.2, 0.25) is 5.02 Å². The molecule has 7 rings (SSSR count). The molecule has 2 unspecified atom stereocenters. The van der Waals surface area contributed by atoms with Gasteiger partial charge in [0.05, 0.1) is 22.8 Å². The Labute approximate surface area is 294 Å². The van der Waals surface area contributed by atoms with Crippen molar-refractivity contribution in [3.8, 4) is 16.9 Å². The van der Waals surface area contributed by atoms with Gasteiger partial charge in [0.25, 0.3) is 0 Å². The van der Waals surface area contributed by atoms with E-state index in [1.54, 1.807) is 0 Å². The number of benzene rings is 3. The highest BCUT2D eigenvalue weighted by Crippen LogP contribution is 2.42. The fraction of sp³-hybridized carbons (Fsp3) is 0.450. The average Bonchev–Trinajstić information content (AvgIpc) is 3.79. The largest absolute Gasteiger partial charge is 0.493 e. The second-order valence-electron chi connectivity index (χ2n) is 14.8. The van der Waals surface area contributed by atoms with Crippen molar-refractivity contribution in [2.75, 3.05) is 39.3 Å². The Balaban J connectivity index is 1.31. The van der Waals surface area contributed by atoms with Gasteiger partial charge in [0.1, 0.15) is 17.0 Å². The molecule has 3 aromatic carbocycles. The third-order valence-corrected chi connectivity index (χ3v) is 10.6. The maximum absolute atomic E-state index is 14.4. The number of hydrogen-bond acceptors (Lipinski definition) is 6. The monoisotopic (exact) mass is 681 g/mol. The minimum atomic E-state index is -0.649. The van der Waals surface area contributed by atoms with Crippen LogP contribution in [0, 0.1) is 25.7 Å². The molecule has 2 aliphatic rings. The van der Waals surface area contributed by atoms with Gasteiger partial charge in [0, 0.05) is 60.8 Å². The maximum atomic E-state index is 14.4. The van der Waals surface area contributed by atoms with Gasteiger partial charge in [-0.1, -0.05) is 54.1 Å². The molecule has 4 heterocycles. The molecule has 0 aliphatic carbocycles. The van der Waals surface area contributed by atoms with Crippen LogP contribution in [-0.2, 0) is 24.8 Å². The lowest BCUT2D eigenvalue weighted by Crippen LogP contribution is -2.31. The predicted octanol–water partition coefficient (Wildman–Crippen LogP) is 7.58. The fourth-order valence-corrected chi connectivity index (χ4v) is 8.28. The van der Waals surface area contributed by atoms with Crippen molar-refractivity contribution in [1.82, 2.24) is 24.6 Å². The Hall–Kier alpha value is -3.85. The Morgan fingerprint density at radius 1 is 0.959 bits per heavy atom. The zero-order chi connectivity index (χ0) is 34.4. The number of esters is 1. The number of likely N-dealkylation sites (tertiary alicyclic amines) is 1. The van der Waals surface area contributed by atoms with E-state index in [1.165, 1.54) is 0 Å². The number of ether oxygens (including phenoxy) is 2. The van der Waals surface area contributed by atoms with Gasteiger partial charge in [-0.15, -0.1) is 0 Å². The van der Waals surface area contributed by atoms with Crippen LogP contribution >= 0.6 is 11.6 Å². The number of aromatic nitrogens is 3. The van der Waals surface area contributed by atoms with Gasteiger partial charge in [-0.25, -0.2) is 4.79 Å². The Bertz CT molecular complexity index is 2000. The van der Waals surface area contributed by atoms with Gasteiger partial charge >= 0.3 is 5.97 Å². The SMILES string of the molecule is Cc1nn(C)c(C)c1-c1c(Cl)ccc2c(CCCOc3cccc4ccccc34)c(C(=O)OC(C)(C)C)n(CCN3CC4CNCC4C3)c12. The lowest BCUT2D eigenvalue weighted by molar-refractivity contribution is 0.00563. The summed E-state index contributed by atoms with van der Waals surface area (Å²) in [5.74, 6) is 1.94. The van der Waals surface area contributed by atoms with Crippen LogP contribution in [0.1, 0.15) is 54.6 Å². The first-order valence-electron chi connectivity index (χ1n) is 17.6. The van der Waals surface area contributed by atoms with Crippen LogP contribution in [-0.4, -0.2) is 70.1 Å². The van der Waals surface area contributed by atoms with Crippen LogP contribution in [0.15, 0.2) is 54.6 Å². The summed E-state index contributed by atoms with van der Waals surface area (Å²) in [6.07, 6.45) is 1.37. The fourth-order valence-electron chi connectivity index (χ4n) is 8.03. The number of carbonyl (C=O) groups is 1. The number of fused-ring (bicyclic) bond motifs is 3. The van der Waals surface area contributed by atoms with Crippen molar-refractivity contribution in [1.29, 1.82) is 0 Å². The maximum Gasteiger partial charge on any atom is 0.355 e. The summed E-state index contributed by atoms with van der Waals surface area (Å²) < 4.78 is 16.6. The molecule has 0 saturated carbocycles. The van der Waals surface area contributed by atoms with E-state index >= 15 is 0 Å². The highest BCUT2D eigenvalue weighted by Gasteiger charge is 2.36. The number of aryl methyl sites for hydroxylation is 3. The number of carbonyl (C=O) groups excluding carboxylic acids is 1. The van der Waals surface area contributed by atoms with E-state index in [1.807, 2.05) is 69.8 Å². The molecule has 2 atom stereocenters. The van der Waals surface area contributed by atoms with Gasteiger partial charge in [-0.2, -0.15) is 5.10 Å². The van der Waals surface area contributed by atoms with Crippen LogP contribution in [0.5, 0.6) is 5.75 Å². The van der Waals surface area contributed by atoms with Crippen molar-refractivity contribution < 1.29 is 14.3 Å². The Kier molecular flexibility index (Phi) is 9.24. The summed E-state index contributed by atoms with van der Waals surface area (Å²) in [7, 11) is 1.96. The van der Waals surface area contributed by atoms with E-state index < -0.39 is 5.60 Å². The van der Waals surface area contributed by atoms with Crippen molar-refractivity contribution in [3.63, 3.8) is 0 Å². The molecule has 0 radical (unpaired) electrons. The lowest BCUT2D eigenvalue weighted by atomic mass is 9.98. The standard InChI is InChI=1S/C40H48ClN5O3/c1-25-35(26(2)44(6)43-25)36-33(41)17-16-32-31(14-10-20-48-34-15-9-12-27-11-7-8-13-30(27)34)38(39(47)49-40(3,4)5)46(37(32)36)19-18-45-23-28-21-42-22-29(28)24-45/h7-9,11-13,15-17,28-29,42H,10,14,18-24H2,1-6H3. The van der Waals surface area contributed by atoms with E-state index in [0.29, 0.717) is 42.1 Å². The molecular weight excluding hydrogens is 634 g/mol. The zero-order valence-electron chi connectivity index (χ0n) is 29.6. The average molecular weight is 682 g/mol.